The second-order valence-corrected chi connectivity index (χ2v) is 4.88. The van der Waals surface area contributed by atoms with Crippen LogP contribution in [0.4, 0.5) is 0 Å². The molecule has 1 atom stereocenters. The number of carboxylic acid groups (broad SMARTS) is 1. The third-order valence-corrected chi connectivity index (χ3v) is 1.99. The Morgan fingerprint density at radius 1 is 1.35 bits per heavy atom. The molecule has 0 aromatic rings. The summed E-state index contributed by atoms with van der Waals surface area (Å²) < 4.78 is 10.7. The molecule has 0 spiro atoms. The van der Waals surface area contributed by atoms with Crippen molar-refractivity contribution in [2.75, 3.05) is 26.4 Å². The van der Waals surface area contributed by atoms with Crippen LogP contribution < -0.4 is 5.32 Å². The Balaban J connectivity index is 3.65. The van der Waals surface area contributed by atoms with E-state index >= 15 is 0 Å². The number of rotatable bonds is 9. The average molecular weight is 247 g/mol. The molecule has 0 heterocycles. The second-order valence-electron chi connectivity index (χ2n) is 4.88. The van der Waals surface area contributed by atoms with Crippen molar-refractivity contribution in [2.45, 2.75) is 45.8 Å². The van der Waals surface area contributed by atoms with Crippen LogP contribution in [0.25, 0.3) is 0 Å². The number of hydrogen-bond donors (Lipinski definition) is 2. The molecule has 17 heavy (non-hydrogen) atoms. The molecule has 0 bridgehead atoms. The zero-order chi connectivity index (χ0) is 13.3. The van der Waals surface area contributed by atoms with E-state index in [9.17, 15) is 4.79 Å². The summed E-state index contributed by atoms with van der Waals surface area (Å²) in [4.78, 5) is 10.9. The number of ether oxygens (including phenoxy) is 2. The highest BCUT2D eigenvalue weighted by Crippen LogP contribution is 2.05. The maximum absolute atomic E-state index is 10.9. The van der Waals surface area contributed by atoms with Crippen LogP contribution in [-0.2, 0) is 14.3 Å². The predicted molar refractivity (Wildman–Crippen MR) is 66.2 cm³/mol. The summed E-state index contributed by atoms with van der Waals surface area (Å²) in [7, 11) is 0. The summed E-state index contributed by atoms with van der Waals surface area (Å²) in [6, 6.07) is -0.635. The van der Waals surface area contributed by atoms with Crippen molar-refractivity contribution in [1.29, 1.82) is 0 Å². The van der Waals surface area contributed by atoms with Gasteiger partial charge in [0.15, 0.2) is 0 Å². The van der Waals surface area contributed by atoms with Crippen molar-refractivity contribution in [1.82, 2.24) is 5.32 Å². The lowest BCUT2D eigenvalue weighted by Gasteiger charge is -2.20. The average Bonchev–Trinajstić information content (AvgIpc) is 2.20. The highest BCUT2D eigenvalue weighted by atomic mass is 16.5. The minimum atomic E-state index is -0.879. The van der Waals surface area contributed by atoms with Gasteiger partial charge in [0.25, 0.3) is 0 Å². The molecule has 0 aliphatic carbocycles. The molecule has 0 fully saturated rings. The third-order valence-electron chi connectivity index (χ3n) is 1.99. The molecule has 0 radical (unpaired) electrons. The van der Waals surface area contributed by atoms with Crippen molar-refractivity contribution in [3.8, 4) is 0 Å². The fourth-order valence-electron chi connectivity index (χ4n) is 1.14. The van der Waals surface area contributed by atoms with Gasteiger partial charge in [0.05, 0.1) is 25.4 Å². The lowest BCUT2D eigenvalue weighted by molar-refractivity contribution is -0.141. The van der Waals surface area contributed by atoms with Crippen LogP contribution in [0.2, 0.25) is 0 Å². The van der Waals surface area contributed by atoms with E-state index in [-0.39, 0.29) is 12.2 Å². The standard InChI is InChI=1S/C12H25NO4/c1-5-6-13-10(11(14)15)9-16-7-8-17-12(2,3)4/h10,13H,5-9H2,1-4H3,(H,14,15). The molecule has 1 unspecified atom stereocenters. The van der Waals surface area contributed by atoms with E-state index in [4.69, 9.17) is 14.6 Å². The third kappa shape index (κ3) is 10.2. The first kappa shape index (κ1) is 16.4. The number of hydrogen-bond acceptors (Lipinski definition) is 4. The monoisotopic (exact) mass is 247 g/mol. The quantitative estimate of drug-likeness (QED) is 0.601. The van der Waals surface area contributed by atoms with E-state index in [1.165, 1.54) is 0 Å². The summed E-state index contributed by atoms with van der Waals surface area (Å²) in [6.07, 6.45) is 0.900. The lowest BCUT2D eigenvalue weighted by atomic mass is 10.2. The number of aliphatic carboxylic acids is 1. The molecule has 2 N–H and O–H groups in total. The summed E-state index contributed by atoms with van der Waals surface area (Å²) in [5.41, 5.74) is -0.185. The zero-order valence-corrected chi connectivity index (χ0v) is 11.3. The topological polar surface area (TPSA) is 67.8 Å². The number of carbonyl (C=O) groups is 1. The molecule has 5 heteroatoms. The van der Waals surface area contributed by atoms with E-state index in [0.29, 0.717) is 19.8 Å². The van der Waals surface area contributed by atoms with Crippen molar-refractivity contribution >= 4 is 5.97 Å². The van der Waals surface area contributed by atoms with Gasteiger partial charge in [0.2, 0.25) is 0 Å². The molecule has 0 amide bonds. The van der Waals surface area contributed by atoms with Gasteiger partial charge in [-0.3, -0.25) is 4.79 Å². The largest absolute Gasteiger partial charge is 0.480 e. The number of carboxylic acids is 1. The molecule has 0 saturated heterocycles. The molecular formula is C12H25NO4. The smallest absolute Gasteiger partial charge is 0.323 e. The van der Waals surface area contributed by atoms with Crippen LogP contribution in [0, 0.1) is 0 Å². The molecule has 0 saturated carbocycles. The van der Waals surface area contributed by atoms with Crippen LogP contribution in [0.1, 0.15) is 34.1 Å². The normalized spacial score (nSPS) is 13.6. The van der Waals surface area contributed by atoms with Crippen molar-refractivity contribution in [3.63, 3.8) is 0 Å². The fraction of sp³-hybridized carbons (Fsp3) is 0.917. The fourth-order valence-corrected chi connectivity index (χ4v) is 1.14. The molecule has 0 rings (SSSR count). The van der Waals surface area contributed by atoms with E-state index in [1.807, 2.05) is 27.7 Å². The van der Waals surface area contributed by atoms with Gasteiger partial charge in [-0.05, 0) is 33.7 Å². The Hall–Kier alpha value is -0.650. The maximum atomic E-state index is 10.9. The Morgan fingerprint density at radius 3 is 2.47 bits per heavy atom. The molecule has 0 aliphatic heterocycles. The van der Waals surface area contributed by atoms with Gasteiger partial charge < -0.3 is 19.9 Å². The van der Waals surface area contributed by atoms with E-state index in [0.717, 1.165) is 6.42 Å². The Kier molecular flexibility index (Phi) is 8.12. The van der Waals surface area contributed by atoms with Gasteiger partial charge >= 0.3 is 5.97 Å². The first-order chi connectivity index (χ1) is 7.87. The van der Waals surface area contributed by atoms with Gasteiger partial charge in [0, 0.05) is 0 Å². The molecule has 5 nitrogen and oxygen atoms in total. The van der Waals surface area contributed by atoms with Crippen molar-refractivity contribution in [3.05, 3.63) is 0 Å². The maximum Gasteiger partial charge on any atom is 0.323 e. The number of nitrogens with one attached hydrogen (secondary N) is 1. The van der Waals surface area contributed by atoms with Crippen LogP contribution in [0.15, 0.2) is 0 Å². The molecule has 0 aromatic carbocycles. The SMILES string of the molecule is CCCNC(COCCOC(C)(C)C)C(=O)O. The van der Waals surface area contributed by atoms with Crippen molar-refractivity contribution in [2.24, 2.45) is 0 Å². The highest BCUT2D eigenvalue weighted by Gasteiger charge is 2.16. The summed E-state index contributed by atoms with van der Waals surface area (Å²) in [6.45, 7) is 9.63. The minimum absolute atomic E-state index is 0.169. The zero-order valence-electron chi connectivity index (χ0n) is 11.3. The predicted octanol–water partition coefficient (Wildman–Crippen LogP) is 1.27. The van der Waals surface area contributed by atoms with E-state index in [1.54, 1.807) is 0 Å². The van der Waals surface area contributed by atoms with Crippen LogP contribution >= 0.6 is 0 Å². The van der Waals surface area contributed by atoms with E-state index < -0.39 is 12.0 Å². The van der Waals surface area contributed by atoms with Gasteiger partial charge in [-0.25, -0.2) is 0 Å². The van der Waals surface area contributed by atoms with Crippen LogP contribution in [0.3, 0.4) is 0 Å². The molecule has 0 aromatic heterocycles. The first-order valence-electron chi connectivity index (χ1n) is 6.04. The molecule has 0 aliphatic rings. The minimum Gasteiger partial charge on any atom is -0.480 e. The van der Waals surface area contributed by atoms with E-state index in [2.05, 4.69) is 5.32 Å². The highest BCUT2D eigenvalue weighted by molar-refractivity contribution is 5.73. The molecular weight excluding hydrogens is 222 g/mol. The van der Waals surface area contributed by atoms with Gasteiger partial charge in [-0.2, -0.15) is 0 Å². The summed E-state index contributed by atoms with van der Waals surface area (Å²) in [5.74, 6) is -0.879. The Labute approximate surface area is 103 Å². The second kappa shape index (κ2) is 8.44. The van der Waals surface area contributed by atoms with Gasteiger partial charge in [0.1, 0.15) is 6.04 Å². The first-order valence-corrected chi connectivity index (χ1v) is 6.04. The summed E-state index contributed by atoms with van der Waals surface area (Å²) in [5, 5.41) is 11.8. The Bertz CT molecular complexity index is 213. The van der Waals surface area contributed by atoms with Crippen molar-refractivity contribution < 1.29 is 19.4 Å². The Morgan fingerprint density at radius 2 is 2.00 bits per heavy atom. The molecule has 102 valence electrons. The summed E-state index contributed by atoms with van der Waals surface area (Å²) >= 11 is 0. The van der Waals surface area contributed by atoms with Gasteiger partial charge in [-0.15, -0.1) is 0 Å². The van der Waals surface area contributed by atoms with Crippen LogP contribution in [0.5, 0.6) is 0 Å². The van der Waals surface area contributed by atoms with Gasteiger partial charge in [-0.1, -0.05) is 6.92 Å². The lowest BCUT2D eigenvalue weighted by Crippen LogP contribution is -2.41. The van der Waals surface area contributed by atoms with Crippen LogP contribution in [-0.4, -0.2) is 49.1 Å².